The summed E-state index contributed by atoms with van der Waals surface area (Å²) in [5.74, 6) is 0. The average Bonchev–Trinajstić information content (AvgIpc) is 2.09. The van der Waals surface area contributed by atoms with E-state index in [1.807, 2.05) is 32.2 Å². The molecule has 1 rings (SSSR count). The van der Waals surface area contributed by atoms with Gasteiger partial charge in [-0.25, -0.2) is 9.78 Å². The Labute approximate surface area is 72.3 Å². The van der Waals surface area contributed by atoms with Crippen molar-refractivity contribution in [1.82, 2.24) is 4.98 Å². The van der Waals surface area contributed by atoms with Crippen molar-refractivity contribution in [1.29, 1.82) is 0 Å². The molecule has 0 spiro atoms. The highest BCUT2D eigenvalue weighted by Crippen LogP contribution is 1.99. The second-order valence-corrected chi connectivity index (χ2v) is 2.50. The molecule has 3 heteroatoms. The number of nitrogens with zero attached hydrogens (tertiary/aromatic N) is 1. The van der Waals surface area contributed by atoms with Crippen LogP contribution in [0.25, 0.3) is 0 Å². The van der Waals surface area contributed by atoms with Gasteiger partial charge in [-0.15, -0.1) is 0 Å². The molecule has 1 aromatic rings. The van der Waals surface area contributed by atoms with Gasteiger partial charge in [0.15, 0.2) is 0 Å². The Bertz CT molecular complexity index is 220. The van der Waals surface area contributed by atoms with E-state index in [-0.39, 0.29) is 0 Å². The minimum absolute atomic E-state index is 0.411. The zero-order chi connectivity index (χ0) is 8.81. The maximum atomic E-state index is 4.85. The van der Waals surface area contributed by atoms with Gasteiger partial charge < -0.3 is 0 Å². The average molecular weight is 167 g/mol. The van der Waals surface area contributed by atoms with Gasteiger partial charge in [-0.05, 0) is 25.5 Å². The maximum Gasteiger partial charge on any atom is 0.124 e. The molecular formula is C9H13NO2. The van der Waals surface area contributed by atoms with Crippen molar-refractivity contribution in [3.05, 3.63) is 29.6 Å². The summed E-state index contributed by atoms with van der Waals surface area (Å²) in [6, 6.07) is 3.92. The lowest BCUT2D eigenvalue weighted by atomic mass is 10.3. The van der Waals surface area contributed by atoms with Crippen LogP contribution in [0.3, 0.4) is 0 Å². The molecule has 3 nitrogen and oxygen atoms in total. The highest BCUT2D eigenvalue weighted by Gasteiger charge is 1.93. The molecule has 0 N–H and O–H groups in total. The Morgan fingerprint density at radius 1 is 1.33 bits per heavy atom. The van der Waals surface area contributed by atoms with Gasteiger partial charge >= 0.3 is 0 Å². The number of hydrogen-bond acceptors (Lipinski definition) is 3. The first kappa shape index (κ1) is 9.16. The van der Waals surface area contributed by atoms with E-state index < -0.39 is 0 Å². The second-order valence-electron chi connectivity index (χ2n) is 2.50. The van der Waals surface area contributed by atoms with Gasteiger partial charge in [-0.1, -0.05) is 6.07 Å². The van der Waals surface area contributed by atoms with E-state index in [4.69, 9.17) is 9.78 Å². The Kier molecular flexibility index (Phi) is 3.70. The molecule has 1 heterocycles. The molecule has 12 heavy (non-hydrogen) atoms. The van der Waals surface area contributed by atoms with Crippen LogP contribution in [0.15, 0.2) is 18.3 Å². The van der Waals surface area contributed by atoms with E-state index >= 15 is 0 Å². The lowest BCUT2D eigenvalue weighted by Gasteiger charge is -2.00. The van der Waals surface area contributed by atoms with Gasteiger partial charge in [-0.3, -0.25) is 4.98 Å². The molecule has 0 aliphatic heterocycles. The third kappa shape index (κ3) is 2.98. The Morgan fingerprint density at radius 3 is 2.75 bits per heavy atom. The summed E-state index contributed by atoms with van der Waals surface area (Å²) < 4.78 is 0. The molecule has 0 saturated carbocycles. The zero-order valence-electron chi connectivity index (χ0n) is 7.41. The van der Waals surface area contributed by atoms with Crippen LogP contribution in [0.1, 0.15) is 18.2 Å². The van der Waals surface area contributed by atoms with Crippen LogP contribution in [0.2, 0.25) is 0 Å². The van der Waals surface area contributed by atoms with Crippen molar-refractivity contribution in [2.75, 3.05) is 6.61 Å². The van der Waals surface area contributed by atoms with Crippen molar-refractivity contribution in [3.8, 4) is 0 Å². The van der Waals surface area contributed by atoms with Crippen LogP contribution in [0, 0.1) is 6.92 Å². The van der Waals surface area contributed by atoms with Crippen LogP contribution in [0.4, 0.5) is 0 Å². The smallest absolute Gasteiger partial charge is 0.124 e. The van der Waals surface area contributed by atoms with Crippen molar-refractivity contribution < 1.29 is 9.78 Å². The predicted octanol–water partition coefficient (Wildman–Crippen LogP) is 1.86. The van der Waals surface area contributed by atoms with Crippen molar-refractivity contribution >= 4 is 0 Å². The number of aryl methyl sites for hydroxylation is 1. The number of aromatic nitrogens is 1. The van der Waals surface area contributed by atoms with Crippen LogP contribution >= 0.6 is 0 Å². The molecule has 0 unspecified atom stereocenters. The zero-order valence-corrected chi connectivity index (χ0v) is 7.41. The van der Waals surface area contributed by atoms with E-state index in [1.54, 1.807) is 0 Å². The topological polar surface area (TPSA) is 31.4 Å². The Balaban J connectivity index is 2.37. The van der Waals surface area contributed by atoms with Crippen LogP contribution in [-0.4, -0.2) is 11.6 Å². The monoisotopic (exact) mass is 167 g/mol. The van der Waals surface area contributed by atoms with E-state index in [1.165, 1.54) is 0 Å². The van der Waals surface area contributed by atoms with Gasteiger partial charge in [0.2, 0.25) is 0 Å². The molecule has 0 aliphatic rings. The van der Waals surface area contributed by atoms with Crippen LogP contribution in [-0.2, 0) is 16.4 Å². The molecule has 1 aromatic heterocycles. The highest BCUT2D eigenvalue weighted by atomic mass is 17.2. The van der Waals surface area contributed by atoms with Crippen molar-refractivity contribution in [2.45, 2.75) is 20.5 Å². The SMILES string of the molecule is CCOOCc1ccc(C)cn1. The summed E-state index contributed by atoms with van der Waals surface area (Å²) in [6.07, 6.45) is 1.81. The summed E-state index contributed by atoms with van der Waals surface area (Å²) >= 11 is 0. The lowest BCUT2D eigenvalue weighted by Crippen LogP contribution is -1.96. The summed E-state index contributed by atoms with van der Waals surface area (Å²) in [7, 11) is 0. The fourth-order valence-corrected chi connectivity index (χ4v) is 0.769. The van der Waals surface area contributed by atoms with E-state index in [2.05, 4.69) is 4.98 Å². The second kappa shape index (κ2) is 4.85. The number of hydrogen-bond donors (Lipinski definition) is 0. The van der Waals surface area contributed by atoms with Gasteiger partial charge in [0.25, 0.3) is 0 Å². The van der Waals surface area contributed by atoms with E-state index in [0.29, 0.717) is 13.2 Å². The summed E-state index contributed by atoms with van der Waals surface area (Å²) in [5, 5.41) is 0. The molecule has 66 valence electrons. The Hall–Kier alpha value is -0.930. The normalized spacial score (nSPS) is 10.2. The highest BCUT2D eigenvalue weighted by molar-refractivity contribution is 5.11. The first-order valence-electron chi connectivity index (χ1n) is 3.99. The van der Waals surface area contributed by atoms with E-state index in [9.17, 15) is 0 Å². The fraction of sp³-hybridized carbons (Fsp3) is 0.444. The molecular weight excluding hydrogens is 154 g/mol. The molecule has 0 amide bonds. The lowest BCUT2D eigenvalue weighted by molar-refractivity contribution is -0.301. The molecule has 0 aliphatic carbocycles. The van der Waals surface area contributed by atoms with E-state index in [0.717, 1.165) is 11.3 Å². The van der Waals surface area contributed by atoms with Gasteiger partial charge in [-0.2, -0.15) is 0 Å². The maximum absolute atomic E-state index is 4.85. The summed E-state index contributed by atoms with van der Waals surface area (Å²) in [5.41, 5.74) is 2.03. The molecule has 0 radical (unpaired) electrons. The van der Waals surface area contributed by atoms with Gasteiger partial charge in [0.1, 0.15) is 6.61 Å². The van der Waals surface area contributed by atoms with Crippen molar-refractivity contribution in [2.24, 2.45) is 0 Å². The summed E-state index contributed by atoms with van der Waals surface area (Å²) in [4.78, 5) is 13.7. The fourth-order valence-electron chi connectivity index (χ4n) is 0.769. The number of rotatable bonds is 4. The summed E-state index contributed by atoms with van der Waals surface area (Å²) in [6.45, 7) is 4.85. The van der Waals surface area contributed by atoms with Gasteiger partial charge in [0, 0.05) is 6.20 Å². The molecule has 0 bridgehead atoms. The quantitative estimate of drug-likeness (QED) is 0.389. The molecule has 0 aromatic carbocycles. The van der Waals surface area contributed by atoms with Gasteiger partial charge in [0.05, 0.1) is 12.3 Å². The largest absolute Gasteiger partial charge is 0.258 e. The first-order chi connectivity index (χ1) is 5.83. The van der Waals surface area contributed by atoms with Crippen LogP contribution in [0.5, 0.6) is 0 Å². The molecule has 0 saturated heterocycles. The van der Waals surface area contributed by atoms with Crippen molar-refractivity contribution in [3.63, 3.8) is 0 Å². The standard InChI is InChI=1S/C9H13NO2/c1-3-11-12-7-9-5-4-8(2)6-10-9/h4-6H,3,7H2,1-2H3. The predicted molar refractivity (Wildman–Crippen MR) is 45.4 cm³/mol. The minimum Gasteiger partial charge on any atom is -0.258 e. The first-order valence-corrected chi connectivity index (χ1v) is 3.99. The minimum atomic E-state index is 0.411. The Morgan fingerprint density at radius 2 is 2.17 bits per heavy atom. The van der Waals surface area contributed by atoms with Crippen LogP contribution < -0.4 is 0 Å². The number of pyridine rings is 1. The third-order valence-corrected chi connectivity index (χ3v) is 1.38. The molecule has 0 fully saturated rings. The molecule has 0 atom stereocenters. The third-order valence-electron chi connectivity index (χ3n) is 1.38.